The van der Waals surface area contributed by atoms with Crippen LogP contribution in [0.5, 0.6) is 0 Å². The third kappa shape index (κ3) is 3.80. The van der Waals surface area contributed by atoms with Crippen molar-refractivity contribution in [3.05, 3.63) is 63.2 Å². The second kappa shape index (κ2) is 6.70. The van der Waals surface area contributed by atoms with Crippen LogP contribution in [0.4, 0.5) is 5.69 Å². The molecule has 2 aromatic rings. The number of anilines is 1. The number of hydrogen-bond donors (Lipinski definition) is 1. The van der Waals surface area contributed by atoms with Gasteiger partial charge in [-0.1, -0.05) is 37.6 Å². The largest absolute Gasteiger partial charge is 0.322 e. The molecule has 0 radical (unpaired) electrons. The maximum Gasteiger partial charge on any atom is 0.255 e. The highest BCUT2D eigenvalue weighted by Crippen LogP contribution is 2.18. The molecule has 0 aliphatic rings. The monoisotopic (exact) mass is 365 g/mol. The number of para-hydroxylation sites is 1. The highest BCUT2D eigenvalue weighted by molar-refractivity contribution is 14.1. The van der Waals surface area contributed by atoms with Crippen LogP contribution in [-0.2, 0) is 6.42 Å². The summed E-state index contributed by atoms with van der Waals surface area (Å²) < 4.78 is 1.06. The summed E-state index contributed by atoms with van der Waals surface area (Å²) in [6, 6.07) is 15.6. The lowest BCUT2D eigenvalue weighted by molar-refractivity contribution is 0.102. The van der Waals surface area contributed by atoms with Crippen molar-refractivity contribution in [2.24, 2.45) is 0 Å². The molecule has 0 fully saturated rings. The van der Waals surface area contributed by atoms with Gasteiger partial charge in [-0.05, 0) is 58.8 Å². The van der Waals surface area contributed by atoms with Gasteiger partial charge in [0, 0.05) is 14.8 Å². The minimum absolute atomic E-state index is 0.0536. The van der Waals surface area contributed by atoms with Gasteiger partial charge in [0.15, 0.2) is 0 Å². The number of aryl methyl sites for hydroxylation is 1. The van der Waals surface area contributed by atoms with E-state index in [9.17, 15) is 4.79 Å². The summed E-state index contributed by atoms with van der Waals surface area (Å²) in [6.07, 6.45) is 2.04. The topological polar surface area (TPSA) is 29.1 Å². The molecule has 1 amide bonds. The molecule has 0 heterocycles. The fourth-order valence-corrected chi connectivity index (χ4v) is 2.50. The number of hydrogen-bond acceptors (Lipinski definition) is 1. The van der Waals surface area contributed by atoms with Crippen molar-refractivity contribution in [1.82, 2.24) is 0 Å². The van der Waals surface area contributed by atoms with Crippen LogP contribution in [0.15, 0.2) is 48.5 Å². The Morgan fingerprint density at radius 2 is 1.95 bits per heavy atom. The van der Waals surface area contributed by atoms with Crippen molar-refractivity contribution >= 4 is 34.2 Å². The first kappa shape index (κ1) is 14.1. The molecule has 2 rings (SSSR count). The fraction of sp³-hybridized carbons (Fsp3) is 0.188. The van der Waals surface area contributed by atoms with Gasteiger partial charge in [0.2, 0.25) is 0 Å². The molecule has 0 unspecified atom stereocenters. The number of carbonyl (C=O) groups is 1. The average molecular weight is 365 g/mol. The molecule has 19 heavy (non-hydrogen) atoms. The van der Waals surface area contributed by atoms with Crippen LogP contribution >= 0.6 is 22.6 Å². The van der Waals surface area contributed by atoms with E-state index in [1.807, 2.05) is 42.5 Å². The summed E-state index contributed by atoms with van der Waals surface area (Å²) in [5.74, 6) is -0.0536. The van der Waals surface area contributed by atoms with Gasteiger partial charge >= 0.3 is 0 Å². The van der Waals surface area contributed by atoms with E-state index in [1.54, 1.807) is 0 Å². The van der Waals surface area contributed by atoms with Crippen molar-refractivity contribution in [3.8, 4) is 0 Å². The third-order valence-corrected chi connectivity index (χ3v) is 3.54. The summed E-state index contributed by atoms with van der Waals surface area (Å²) in [7, 11) is 0. The zero-order valence-corrected chi connectivity index (χ0v) is 13.0. The SMILES string of the molecule is CCCc1ccccc1NC(=O)c1cccc(I)c1. The van der Waals surface area contributed by atoms with E-state index < -0.39 is 0 Å². The van der Waals surface area contributed by atoms with Gasteiger partial charge in [-0.2, -0.15) is 0 Å². The minimum Gasteiger partial charge on any atom is -0.322 e. The van der Waals surface area contributed by atoms with Gasteiger partial charge in [0.1, 0.15) is 0 Å². The zero-order valence-electron chi connectivity index (χ0n) is 10.8. The van der Waals surface area contributed by atoms with Gasteiger partial charge in [-0.3, -0.25) is 4.79 Å². The van der Waals surface area contributed by atoms with Gasteiger partial charge in [0.25, 0.3) is 5.91 Å². The third-order valence-electron chi connectivity index (χ3n) is 2.87. The fourth-order valence-electron chi connectivity index (χ4n) is 1.95. The summed E-state index contributed by atoms with van der Waals surface area (Å²) in [5, 5.41) is 3.00. The van der Waals surface area contributed by atoms with Crippen molar-refractivity contribution in [1.29, 1.82) is 0 Å². The highest BCUT2D eigenvalue weighted by atomic mass is 127. The quantitative estimate of drug-likeness (QED) is 0.795. The number of rotatable bonds is 4. The molecule has 2 nitrogen and oxygen atoms in total. The summed E-state index contributed by atoms with van der Waals surface area (Å²) in [4.78, 5) is 12.2. The Balaban J connectivity index is 2.19. The Morgan fingerprint density at radius 1 is 1.16 bits per heavy atom. The molecule has 98 valence electrons. The molecule has 0 saturated heterocycles. The Labute approximate surface area is 127 Å². The van der Waals surface area contributed by atoms with Gasteiger partial charge < -0.3 is 5.32 Å². The predicted octanol–water partition coefficient (Wildman–Crippen LogP) is 4.50. The van der Waals surface area contributed by atoms with E-state index in [4.69, 9.17) is 0 Å². The number of halogens is 1. The van der Waals surface area contributed by atoms with Crippen LogP contribution in [0, 0.1) is 3.57 Å². The first-order valence-corrected chi connectivity index (χ1v) is 7.43. The molecule has 0 aliphatic carbocycles. The first-order valence-electron chi connectivity index (χ1n) is 6.35. The van der Waals surface area contributed by atoms with E-state index in [0.29, 0.717) is 5.56 Å². The Hall–Kier alpha value is -1.36. The molecule has 3 heteroatoms. The average Bonchev–Trinajstić information content (AvgIpc) is 2.41. The van der Waals surface area contributed by atoms with Gasteiger partial charge in [0.05, 0.1) is 0 Å². The summed E-state index contributed by atoms with van der Waals surface area (Å²) in [5.41, 5.74) is 2.79. The zero-order chi connectivity index (χ0) is 13.7. The number of amides is 1. The van der Waals surface area contributed by atoms with E-state index in [1.165, 1.54) is 5.56 Å². The van der Waals surface area contributed by atoms with E-state index >= 15 is 0 Å². The Bertz CT molecular complexity index is 580. The minimum atomic E-state index is -0.0536. The normalized spacial score (nSPS) is 10.2. The first-order chi connectivity index (χ1) is 9.20. The van der Waals surface area contributed by atoms with Crippen molar-refractivity contribution in [2.75, 3.05) is 5.32 Å². The Morgan fingerprint density at radius 3 is 2.68 bits per heavy atom. The standard InChI is InChI=1S/C16H16INO/c1-2-6-12-7-3-4-10-15(12)18-16(19)13-8-5-9-14(17)11-13/h3-5,7-11H,2,6H2,1H3,(H,18,19). The lowest BCUT2D eigenvalue weighted by Crippen LogP contribution is -2.13. The second-order valence-electron chi connectivity index (χ2n) is 4.37. The van der Waals surface area contributed by atoms with E-state index in [2.05, 4.69) is 40.9 Å². The van der Waals surface area contributed by atoms with Crippen LogP contribution in [0.1, 0.15) is 29.3 Å². The second-order valence-corrected chi connectivity index (χ2v) is 5.62. The van der Waals surface area contributed by atoms with Gasteiger partial charge in [-0.25, -0.2) is 0 Å². The molecule has 0 aliphatic heterocycles. The lowest BCUT2D eigenvalue weighted by Gasteiger charge is -2.10. The van der Waals surface area contributed by atoms with Crippen LogP contribution in [0.25, 0.3) is 0 Å². The molecule has 0 spiro atoms. The number of carbonyl (C=O) groups excluding carboxylic acids is 1. The summed E-state index contributed by atoms with van der Waals surface area (Å²) >= 11 is 2.21. The molecule has 0 atom stereocenters. The van der Waals surface area contributed by atoms with Crippen molar-refractivity contribution < 1.29 is 4.79 Å². The molecule has 0 aromatic heterocycles. The van der Waals surface area contributed by atoms with Crippen molar-refractivity contribution in [3.63, 3.8) is 0 Å². The summed E-state index contributed by atoms with van der Waals surface area (Å²) in [6.45, 7) is 2.14. The molecule has 1 N–H and O–H groups in total. The Kier molecular flexibility index (Phi) is 4.96. The predicted molar refractivity (Wildman–Crippen MR) is 87.5 cm³/mol. The molecular formula is C16H16INO. The van der Waals surface area contributed by atoms with Crippen LogP contribution in [0.2, 0.25) is 0 Å². The molecule has 2 aromatic carbocycles. The number of benzene rings is 2. The van der Waals surface area contributed by atoms with Crippen molar-refractivity contribution in [2.45, 2.75) is 19.8 Å². The van der Waals surface area contributed by atoms with Gasteiger partial charge in [-0.15, -0.1) is 0 Å². The molecule has 0 bridgehead atoms. The molecule has 0 saturated carbocycles. The smallest absolute Gasteiger partial charge is 0.255 e. The van der Waals surface area contributed by atoms with E-state index in [-0.39, 0.29) is 5.91 Å². The van der Waals surface area contributed by atoms with Crippen LogP contribution < -0.4 is 5.32 Å². The molecular weight excluding hydrogens is 349 g/mol. The van der Waals surface area contributed by atoms with E-state index in [0.717, 1.165) is 22.1 Å². The maximum absolute atomic E-state index is 12.2. The highest BCUT2D eigenvalue weighted by Gasteiger charge is 2.08. The number of nitrogens with one attached hydrogen (secondary N) is 1. The van der Waals surface area contributed by atoms with Crippen LogP contribution in [-0.4, -0.2) is 5.91 Å². The van der Waals surface area contributed by atoms with Crippen LogP contribution in [0.3, 0.4) is 0 Å². The lowest BCUT2D eigenvalue weighted by atomic mass is 10.1. The maximum atomic E-state index is 12.2.